The minimum atomic E-state index is -0.394. The van der Waals surface area contributed by atoms with Gasteiger partial charge in [-0.3, -0.25) is 4.79 Å². The van der Waals surface area contributed by atoms with Crippen molar-refractivity contribution in [3.63, 3.8) is 0 Å². The van der Waals surface area contributed by atoms with E-state index in [1.54, 1.807) is 24.3 Å². The van der Waals surface area contributed by atoms with Crippen LogP contribution in [0.15, 0.2) is 42.6 Å². The smallest absolute Gasteiger partial charge is 0.276 e. The van der Waals surface area contributed by atoms with Crippen LogP contribution in [0, 0.1) is 0 Å². The molecule has 1 saturated heterocycles. The van der Waals surface area contributed by atoms with Gasteiger partial charge in [0.1, 0.15) is 17.6 Å². The number of para-hydroxylation sites is 1. The predicted molar refractivity (Wildman–Crippen MR) is 113 cm³/mol. The number of ether oxygens (including phenoxy) is 1. The summed E-state index contributed by atoms with van der Waals surface area (Å²) >= 11 is 12.5. The highest BCUT2D eigenvalue weighted by Crippen LogP contribution is 2.30. The molecule has 2 N–H and O–H groups in total. The van der Waals surface area contributed by atoms with E-state index in [0.717, 1.165) is 36.3 Å². The number of H-pyrrole nitrogens is 1. The van der Waals surface area contributed by atoms with Crippen molar-refractivity contribution in [1.82, 2.24) is 25.0 Å². The fraction of sp³-hybridized carbons (Fsp3) is 0.200. The average molecular weight is 443 g/mol. The molecule has 0 aliphatic carbocycles. The number of fused-ring (bicyclic) bond motifs is 1. The number of carbonyl (C=O) groups excluding carboxylic acids is 1. The number of rotatable bonds is 4. The number of hydrogen-bond acceptors (Lipinski definition) is 5. The first-order chi connectivity index (χ1) is 14.6. The largest absolute Gasteiger partial charge is 0.370 e. The molecule has 5 rings (SSSR count). The summed E-state index contributed by atoms with van der Waals surface area (Å²) in [7, 11) is 0. The molecule has 2 aromatic heterocycles. The van der Waals surface area contributed by atoms with Crippen LogP contribution in [0.1, 0.15) is 35.3 Å². The Labute approximate surface area is 181 Å². The molecule has 4 aromatic rings. The van der Waals surface area contributed by atoms with Crippen LogP contribution in [0.4, 0.5) is 5.69 Å². The Balaban J connectivity index is 1.42. The lowest BCUT2D eigenvalue weighted by atomic mass is 10.2. The van der Waals surface area contributed by atoms with Gasteiger partial charge in [0.2, 0.25) is 0 Å². The SMILES string of the molecule is O=C(Nc1ccc2nc(C3CCCO3)[nH]c2c1)c1cnnn1-c1c(Cl)cccc1Cl. The van der Waals surface area contributed by atoms with E-state index in [9.17, 15) is 4.79 Å². The van der Waals surface area contributed by atoms with Gasteiger partial charge in [0, 0.05) is 12.3 Å². The number of nitrogens with one attached hydrogen (secondary N) is 2. The van der Waals surface area contributed by atoms with E-state index in [0.29, 0.717) is 21.4 Å². The molecule has 3 heterocycles. The summed E-state index contributed by atoms with van der Waals surface area (Å²) in [5.74, 6) is 0.413. The number of nitrogens with zero attached hydrogens (tertiary/aromatic N) is 4. The highest BCUT2D eigenvalue weighted by molar-refractivity contribution is 6.37. The van der Waals surface area contributed by atoms with Gasteiger partial charge in [-0.05, 0) is 43.2 Å². The maximum absolute atomic E-state index is 12.9. The molecule has 1 aliphatic rings. The number of hydrogen-bond donors (Lipinski definition) is 2. The third kappa shape index (κ3) is 3.43. The zero-order valence-corrected chi connectivity index (χ0v) is 17.1. The Morgan fingerprint density at radius 1 is 1.23 bits per heavy atom. The summed E-state index contributed by atoms with van der Waals surface area (Å²) < 4.78 is 7.01. The van der Waals surface area contributed by atoms with E-state index in [1.807, 2.05) is 12.1 Å². The predicted octanol–water partition coefficient (Wildman–Crippen LogP) is 4.55. The Morgan fingerprint density at radius 2 is 2.07 bits per heavy atom. The lowest BCUT2D eigenvalue weighted by Crippen LogP contribution is -2.17. The maximum atomic E-state index is 12.9. The van der Waals surface area contributed by atoms with Crippen LogP contribution in [-0.4, -0.2) is 37.5 Å². The molecule has 152 valence electrons. The fourth-order valence-electron chi connectivity index (χ4n) is 3.49. The van der Waals surface area contributed by atoms with Gasteiger partial charge in [-0.2, -0.15) is 0 Å². The van der Waals surface area contributed by atoms with Crippen molar-refractivity contribution in [3.8, 4) is 5.69 Å². The van der Waals surface area contributed by atoms with E-state index < -0.39 is 5.91 Å². The van der Waals surface area contributed by atoms with Gasteiger partial charge in [-0.25, -0.2) is 9.67 Å². The number of imidazole rings is 1. The molecular weight excluding hydrogens is 427 g/mol. The lowest BCUT2D eigenvalue weighted by molar-refractivity contribution is 0.101. The summed E-state index contributed by atoms with van der Waals surface area (Å²) in [4.78, 5) is 20.8. The number of aromatic amines is 1. The normalized spacial score (nSPS) is 16.3. The molecule has 0 radical (unpaired) electrons. The monoisotopic (exact) mass is 442 g/mol. The molecule has 0 saturated carbocycles. The average Bonchev–Trinajstić information content (AvgIpc) is 3.47. The Kier molecular flexibility index (Phi) is 4.90. The van der Waals surface area contributed by atoms with Crippen LogP contribution < -0.4 is 5.32 Å². The minimum absolute atomic E-state index is 0.00348. The van der Waals surface area contributed by atoms with Gasteiger partial charge in [0.15, 0.2) is 5.69 Å². The summed E-state index contributed by atoms with van der Waals surface area (Å²) in [6.07, 6.45) is 3.33. The van der Waals surface area contributed by atoms with Gasteiger partial charge >= 0.3 is 0 Å². The van der Waals surface area contributed by atoms with Crippen LogP contribution in [0.5, 0.6) is 0 Å². The van der Waals surface area contributed by atoms with E-state index in [4.69, 9.17) is 27.9 Å². The van der Waals surface area contributed by atoms with Gasteiger partial charge in [0.25, 0.3) is 5.91 Å². The number of halogens is 2. The summed E-state index contributed by atoms with van der Waals surface area (Å²) in [6, 6.07) is 10.5. The molecule has 1 aliphatic heterocycles. The van der Waals surface area contributed by atoms with Crippen molar-refractivity contribution in [2.75, 3.05) is 11.9 Å². The Hall–Kier alpha value is -2.94. The van der Waals surface area contributed by atoms with Crippen molar-refractivity contribution >= 4 is 45.8 Å². The van der Waals surface area contributed by atoms with Gasteiger partial charge in [-0.1, -0.05) is 34.5 Å². The highest BCUT2D eigenvalue weighted by Gasteiger charge is 2.22. The van der Waals surface area contributed by atoms with E-state index in [1.165, 1.54) is 10.9 Å². The van der Waals surface area contributed by atoms with Crippen molar-refractivity contribution in [3.05, 3.63) is 64.2 Å². The molecule has 30 heavy (non-hydrogen) atoms. The Morgan fingerprint density at radius 3 is 2.83 bits per heavy atom. The fourth-order valence-corrected chi connectivity index (χ4v) is 4.05. The maximum Gasteiger partial charge on any atom is 0.276 e. The van der Waals surface area contributed by atoms with Crippen LogP contribution in [0.2, 0.25) is 10.0 Å². The topological polar surface area (TPSA) is 97.7 Å². The standard InChI is InChI=1S/C20H16Cl2N6O2/c21-12-3-1-4-13(22)18(12)28-16(10-23-27-28)20(29)24-11-6-7-14-15(9-11)26-19(25-14)17-5-2-8-30-17/h1,3-4,6-7,9-10,17H,2,5,8H2,(H,24,29)(H,25,26). The quantitative estimate of drug-likeness (QED) is 0.482. The summed E-state index contributed by atoms with van der Waals surface area (Å²) in [5, 5.41) is 11.4. The third-order valence-electron chi connectivity index (χ3n) is 4.92. The van der Waals surface area contributed by atoms with E-state index >= 15 is 0 Å². The van der Waals surface area contributed by atoms with Crippen molar-refractivity contribution in [1.29, 1.82) is 0 Å². The molecule has 0 spiro atoms. The number of benzene rings is 2. The molecule has 8 nitrogen and oxygen atoms in total. The summed E-state index contributed by atoms with van der Waals surface area (Å²) in [5.41, 5.74) is 2.84. The van der Waals surface area contributed by atoms with Gasteiger partial charge in [0.05, 0.1) is 27.3 Å². The molecular formula is C20H16Cl2N6O2. The Bertz CT molecular complexity index is 1230. The summed E-state index contributed by atoms with van der Waals surface area (Å²) in [6.45, 7) is 0.750. The molecule has 1 atom stereocenters. The van der Waals surface area contributed by atoms with E-state index in [-0.39, 0.29) is 11.8 Å². The van der Waals surface area contributed by atoms with Crippen LogP contribution in [0.25, 0.3) is 16.7 Å². The van der Waals surface area contributed by atoms with Crippen LogP contribution in [0.3, 0.4) is 0 Å². The zero-order chi connectivity index (χ0) is 20.7. The number of aromatic nitrogens is 5. The third-order valence-corrected chi connectivity index (χ3v) is 5.53. The second kappa shape index (κ2) is 7.71. The first kappa shape index (κ1) is 19.0. The highest BCUT2D eigenvalue weighted by atomic mass is 35.5. The molecule has 1 amide bonds. The van der Waals surface area contributed by atoms with Crippen molar-refractivity contribution < 1.29 is 9.53 Å². The second-order valence-electron chi connectivity index (χ2n) is 6.91. The lowest BCUT2D eigenvalue weighted by Gasteiger charge is -2.10. The van der Waals surface area contributed by atoms with Crippen molar-refractivity contribution in [2.24, 2.45) is 0 Å². The molecule has 1 unspecified atom stereocenters. The number of carbonyl (C=O) groups is 1. The second-order valence-corrected chi connectivity index (χ2v) is 7.73. The number of amides is 1. The van der Waals surface area contributed by atoms with Crippen LogP contribution >= 0.6 is 23.2 Å². The van der Waals surface area contributed by atoms with Gasteiger partial charge in [-0.15, -0.1) is 5.10 Å². The molecule has 1 fully saturated rings. The van der Waals surface area contributed by atoms with E-state index in [2.05, 4.69) is 25.6 Å². The van der Waals surface area contributed by atoms with Crippen molar-refractivity contribution in [2.45, 2.75) is 18.9 Å². The number of anilines is 1. The molecule has 2 aromatic carbocycles. The minimum Gasteiger partial charge on any atom is -0.370 e. The van der Waals surface area contributed by atoms with Gasteiger partial charge < -0.3 is 15.0 Å². The molecule has 0 bridgehead atoms. The molecule has 10 heteroatoms. The zero-order valence-electron chi connectivity index (χ0n) is 15.6. The first-order valence-corrected chi connectivity index (χ1v) is 10.1. The van der Waals surface area contributed by atoms with Crippen LogP contribution in [-0.2, 0) is 4.74 Å². The first-order valence-electron chi connectivity index (χ1n) is 9.38.